The van der Waals surface area contributed by atoms with Crippen molar-refractivity contribution in [2.24, 2.45) is 5.92 Å². The van der Waals surface area contributed by atoms with Gasteiger partial charge in [-0.25, -0.2) is 4.79 Å². The lowest BCUT2D eigenvalue weighted by atomic mass is 9.98. The lowest BCUT2D eigenvalue weighted by Crippen LogP contribution is -2.27. The third kappa shape index (κ3) is 4.42. The van der Waals surface area contributed by atoms with Gasteiger partial charge < -0.3 is 0 Å². The number of tetrazole rings is 1. The summed E-state index contributed by atoms with van der Waals surface area (Å²) in [6.07, 6.45) is 3.86. The molecule has 0 fully saturated rings. The predicted octanol–water partition coefficient (Wildman–Crippen LogP) is 4.71. The quantitative estimate of drug-likeness (QED) is 0.439. The smallest absolute Gasteiger partial charge is 0.296 e. The van der Waals surface area contributed by atoms with E-state index in [1.54, 1.807) is 0 Å². The van der Waals surface area contributed by atoms with Gasteiger partial charge in [-0.3, -0.25) is 9.13 Å². The summed E-state index contributed by atoms with van der Waals surface area (Å²) in [5.74, 6) is 1.05. The predicted molar refractivity (Wildman–Crippen MR) is 126 cm³/mol. The molecule has 0 saturated heterocycles. The first-order valence-electron chi connectivity index (χ1n) is 11.2. The Bertz CT molecular complexity index is 1220. The molecule has 0 aliphatic heterocycles. The van der Waals surface area contributed by atoms with E-state index in [9.17, 15) is 4.79 Å². The maximum atomic E-state index is 13.1. The lowest BCUT2D eigenvalue weighted by Gasteiger charge is -2.11. The highest BCUT2D eigenvalue weighted by Gasteiger charge is 2.16. The average molecular weight is 431 g/mol. The maximum Gasteiger partial charge on any atom is 0.328 e. The van der Waals surface area contributed by atoms with E-state index >= 15 is 0 Å². The second-order valence-electron chi connectivity index (χ2n) is 8.73. The number of nitrogens with one attached hydrogen (secondary N) is 1. The Morgan fingerprint density at radius 3 is 2.34 bits per heavy atom. The molecule has 0 aliphatic carbocycles. The maximum absolute atomic E-state index is 13.1. The topological polar surface area (TPSA) is 81.4 Å². The molecule has 2 heterocycles. The first-order valence-corrected chi connectivity index (χ1v) is 11.2. The summed E-state index contributed by atoms with van der Waals surface area (Å²) in [4.78, 5) is 13.1. The van der Waals surface area contributed by atoms with Crippen LogP contribution in [0.15, 0.2) is 59.5 Å². The molecule has 7 heteroatoms. The third-order valence-corrected chi connectivity index (χ3v) is 5.89. The van der Waals surface area contributed by atoms with Crippen LogP contribution in [0.3, 0.4) is 0 Å². The van der Waals surface area contributed by atoms with Crippen molar-refractivity contribution in [2.75, 3.05) is 0 Å². The highest BCUT2D eigenvalue weighted by Crippen LogP contribution is 2.29. The zero-order valence-electron chi connectivity index (χ0n) is 19.1. The fourth-order valence-corrected chi connectivity index (χ4v) is 3.99. The van der Waals surface area contributed by atoms with Crippen molar-refractivity contribution in [3.05, 3.63) is 76.5 Å². The second kappa shape index (κ2) is 9.34. The van der Waals surface area contributed by atoms with E-state index < -0.39 is 0 Å². The normalized spacial score (nSPS) is 12.4. The molecule has 2 aromatic carbocycles. The minimum absolute atomic E-state index is 0.0709. The summed E-state index contributed by atoms with van der Waals surface area (Å²) in [5.41, 5.74) is 5.30. The van der Waals surface area contributed by atoms with E-state index in [1.807, 2.05) is 33.5 Å². The first kappa shape index (κ1) is 21.7. The van der Waals surface area contributed by atoms with Crippen LogP contribution in [0.4, 0.5) is 0 Å². The van der Waals surface area contributed by atoms with Crippen molar-refractivity contribution in [3.63, 3.8) is 0 Å². The summed E-state index contributed by atoms with van der Waals surface area (Å²) >= 11 is 0. The number of H-pyrrole nitrogens is 1. The summed E-state index contributed by atoms with van der Waals surface area (Å²) in [7, 11) is 0. The van der Waals surface area contributed by atoms with Gasteiger partial charge in [0.05, 0.1) is 6.54 Å². The Labute approximate surface area is 188 Å². The van der Waals surface area contributed by atoms with Gasteiger partial charge in [-0.2, -0.15) is 5.21 Å². The standard InChI is InChI=1S/C25H30N6O/c1-5-18(4)30-16-21(14-17(2)3)31(25(30)32)15-19-10-12-20(13-11-19)22-8-6-7-9-23(22)24-26-28-29-27-24/h6-13,16-18H,5,14-15H2,1-4H3,(H,26,27,28,29). The van der Waals surface area contributed by atoms with Crippen molar-refractivity contribution in [1.29, 1.82) is 0 Å². The second-order valence-corrected chi connectivity index (χ2v) is 8.73. The monoisotopic (exact) mass is 430 g/mol. The zero-order chi connectivity index (χ0) is 22.7. The van der Waals surface area contributed by atoms with Gasteiger partial charge in [0.2, 0.25) is 5.82 Å². The Morgan fingerprint density at radius 1 is 1.00 bits per heavy atom. The molecule has 0 radical (unpaired) electrons. The van der Waals surface area contributed by atoms with Crippen LogP contribution in [0, 0.1) is 5.92 Å². The van der Waals surface area contributed by atoms with Crippen LogP contribution in [-0.2, 0) is 13.0 Å². The highest BCUT2D eigenvalue weighted by atomic mass is 16.1. The molecular formula is C25H30N6O. The molecule has 4 aromatic rings. The molecule has 2 aromatic heterocycles. The SMILES string of the molecule is CCC(C)n1cc(CC(C)C)n(Cc2ccc(-c3ccccc3-c3nn[nH]n3)cc2)c1=O. The largest absolute Gasteiger partial charge is 0.328 e. The minimum Gasteiger partial charge on any atom is -0.296 e. The molecule has 1 atom stereocenters. The van der Waals surface area contributed by atoms with Crippen molar-refractivity contribution in [2.45, 2.75) is 53.1 Å². The molecule has 0 saturated carbocycles. The molecule has 166 valence electrons. The lowest BCUT2D eigenvalue weighted by molar-refractivity contribution is 0.504. The van der Waals surface area contributed by atoms with Crippen molar-refractivity contribution >= 4 is 0 Å². The number of imidazole rings is 1. The number of hydrogen-bond acceptors (Lipinski definition) is 4. The summed E-state index contributed by atoms with van der Waals surface area (Å²) in [5, 5.41) is 14.4. The number of rotatable bonds is 8. The highest BCUT2D eigenvalue weighted by molar-refractivity contribution is 5.80. The summed E-state index contributed by atoms with van der Waals surface area (Å²) < 4.78 is 3.81. The van der Waals surface area contributed by atoms with Crippen molar-refractivity contribution < 1.29 is 0 Å². The number of aromatic amines is 1. The third-order valence-electron chi connectivity index (χ3n) is 5.89. The van der Waals surface area contributed by atoms with Gasteiger partial charge in [-0.1, -0.05) is 69.3 Å². The fourth-order valence-electron chi connectivity index (χ4n) is 3.99. The van der Waals surface area contributed by atoms with E-state index in [-0.39, 0.29) is 11.7 Å². The minimum atomic E-state index is 0.0709. The van der Waals surface area contributed by atoms with Crippen LogP contribution in [0.25, 0.3) is 22.5 Å². The van der Waals surface area contributed by atoms with Gasteiger partial charge in [0.15, 0.2) is 0 Å². The van der Waals surface area contributed by atoms with Crippen molar-refractivity contribution in [3.8, 4) is 22.5 Å². The molecule has 1 N–H and O–H groups in total. The van der Waals surface area contributed by atoms with Gasteiger partial charge in [-0.05, 0) is 47.6 Å². The van der Waals surface area contributed by atoms with E-state index in [0.29, 0.717) is 18.3 Å². The average Bonchev–Trinajstić information content (AvgIpc) is 3.43. The fraction of sp³-hybridized carbons (Fsp3) is 0.360. The molecule has 0 aliphatic rings. The van der Waals surface area contributed by atoms with E-state index in [0.717, 1.165) is 40.8 Å². The summed E-state index contributed by atoms with van der Waals surface area (Å²) in [6.45, 7) is 9.15. The first-order chi connectivity index (χ1) is 15.5. The molecule has 32 heavy (non-hydrogen) atoms. The van der Waals surface area contributed by atoms with E-state index in [4.69, 9.17) is 0 Å². The van der Waals surface area contributed by atoms with Crippen LogP contribution in [-0.4, -0.2) is 29.8 Å². The van der Waals surface area contributed by atoms with Crippen LogP contribution >= 0.6 is 0 Å². The Kier molecular flexibility index (Phi) is 6.35. The Balaban J connectivity index is 1.65. The molecule has 4 rings (SSSR count). The number of benzene rings is 2. The number of hydrogen-bond donors (Lipinski definition) is 1. The molecule has 0 amide bonds. The number of nitrogens with zero attached hydrogens (tertiary/aromatic N) is 5. The van der Waals surface area contributed by atoms with E-state index in [1.165, 1.54) is 0 Å². The van der Waals surface area contributed by atoms with Crippen LogP contribution < -0.4 is 5.69 Å². The van der Waals surface area contributed by atoms with Crippen molar-refractivity contribution in [1.82, 2.24) is 29.8 Å². The van der Waals surface area contributed by atoms with Crippen LogP contribution in [0.5, 0.6) is 0 Å². The Hall–Kier alpha value is -3.48. The Morgan fingerprint density at radius 2 is 1.72 bits per heavy atom. The van der Waals surface area contributed by atoms with Crippen LogP contribution in [0.2, 0.25) is 0 Å². The molecule has 0 spiro atoms. The van der Waals surface area contributed by atoms with Gasteiger partial charge in [0.1, 0.15) is 0 Å². The van der Waals surface area contributed by atoms with Crippen LogP contribution in [0.1, 0.15) is 51.4 Å². The van der Waals surface area contributed by atoms with Gasteiger partial charge in [-0.15, -0.1) is 10.2 Å². The van der Waals surface area contributed by atoms with E-state index in [2.05, 4.69) is 78.7 Å². The number of aromatic nitrogens is 6. The van der Waals surface area contributed by atoms with Gasteiger partial charge >= 0.3 is 5.69 Å². The van der Waals surface area contributed by atoms with Gasteiger partial charge in [0.25, 0.3) is 0 Å². The molecule has 7 nitrogen and oxygen atoms in total. The molecular weight excluding hydrogens is 400 g/mol. The molecule has 1 unspecified atom stereocenters. The zero-order valence-corrected chi connectivity index (χ0v) is 19.1. The van der Waals surface area contributed by atoms with Gasteiger partial charge in [0, 0.05) is 23.5 Å². The molecule has 0 bridgehead atoms. The summed E-state index contributed by atoms with van der Waals surface area (Å²) in [6, 6.07) is 16.6.